The number of unbranched alkanes of at least 4 members (excludes halogenated alkanes) is 4. The Morgan fingerprint density at radius 2 is 0.842 bits per heavy atom. The van der Waals surface area contributed by atoms with Crippen LogP contribution in [0.2, 0.25) is 0 Å². The molecular weight excluding hydrogens is 375 g/mol. The van der Waals surface area contributed by atoms with Gasteiger partial charge in [-0.15, -0.1) is 0 Å². The van der Waals surface area contributed by atoms with Crippen LogP contribution in [0.1, 0.15) is 79.1 Å². The van der Waals surface area contributed by atoms with Crippen LogP contribution < -0.4 is 0 Å². The number of hydrogen-bond donors (Lipinski definition) is 0. The molecule has 0 amide bonds. The molecule has 0 nitrogen and oxygen atoms in total. The van der Waals surface area contributed by atoms with Crippen LogP contribution in [0, 0.1) is 13.8 Å². The summed E-state index contributed by atoms with van der Waals surface area (Å²) in [5, 5.41) is 0. The van der Waals surface area contributed by atoms with Gasteiger partial charge in [-0.1, -0.05) is 92.9 Å². The zero-order chi connectivity index (χ0) is 15.1. The van der Waals surface area contributed by atoms with Crippen molar-refractivity contribution in [3.63, 3.8) is 0 Å². The van der Waals surface area contributed by atoms with E-state index in [4.69, 9.17) is 25.3 Å². The number of hydrogen-bond acceptors (Lipinski definition) is 2. The topological polar surface area (TPSA) is 0 Å². The smallest absolute Gasteiger partial charge is 0.793 e. The molecule has 4 radical (unpaired) electrons. The fourth-order valence-electron chi connectivity index (χ4n) is 0.704. The zero-order valence-corrected chi connectivity index (χ0v) is 18.3. The predicted molar refractivity (Wildman–Crippen MR) is 101 cm³/mol. The first-order chi connectivity index (χ1) is 8.66. The van der Waals surface area contributed by atoms with Gasteiger partial charge in [0.15, 0.2) is 0 Å². The first-order valence-electron chi connectivity index (χ1n) is 7.41. The Morgan fingerprint density at radius 1 is 0.632 bits per heavy atom. The molecule has 116 valence electrons. The molecule has 0 N–H and O–H groups in total. The summed E-state index contributed by atoms with van der Waals surface area (Å²) in [5.41, 5.74) is 0. The summed E-state index contributed by atoms with van der Waals surface area (Å²) in [5.74, 6) is 1.88. The third kappa shape index (κ3) is 106. The van der Waals surface area contributed by atoms with Crippen molar-refractivity contribution in [3.8, 4) is 0 Å². The molecule has 0 aliphatic carbocycles. The van der Waals surface area contributed by atoms with Crippen molar-refractivity contribution in [2.45, 2.75) is 79.1 Å². The molecule has 0 fully saturated rings. The Labute approximate surface area is 153 Å². The minimum absolute atomic E-state index is 0. The van der Waals surface area contributed by atoms with Crippen LogP contribution in [0.25, 0.3) is 0 Å². The van der Waals surface area contributed by atoms with Crippen LogP contribution in [0.3, 0.4) is 0 Å². The first kappa shape index (κ1) is 32.4. The van der Waals surface area contributed by atoms with Crippen LogP contribution in [-0.4, -0.2) is 35.4 Å². The summed E-state index contributed by atoms with van der Waals surface area (Å²) in [6, 6.07) is 0. The Morgan fingerprint density at radius 3 is 0.895 bits per heavy atom. The van der Waals surface area contributed by atoms with Gasteiger partial charge in [-0.2, -0.15) is 11.5 Å². The second kappa shape index (κ2) is 50.5. The second-order valence-electron chi connectivity index (χ2n) is 3.82. The molecule has 0 aromatic heterocycles. The van der Waals surface area contributed by atoms with Gasteiger partial charge in [0.1, 0.15) is 0 Å². The molecule has 0 rings (SSSR count). The summed E-state index contributed by atoms with van der Waals surface area (Å²) in [6.45, 7) is 15.4. The summed E-state index contributed by atoms with van der Waals surface area (Å²) in [7, 11) is 0. The van der Waals surface area contributed by atoms with Gasteiger partial charge in [0.25, 0.3) is 0 Å². The van der Waals surface area contributed by atoms with Gasteiger partial charge in [0.2, 0.25) is 0 Å². The molecule has 0 atom stereocenters. The van der Waals surface area contributed by atoms with E-state index in [9.17, 15) is 0 Å². The Bertz CT molecular complexity index is 63.1. The van der Waals surface area contributed by atoms with Crippen molar-refractivity contribution in [3.05, 3.63) is 13.8 Å². The van der Waals surface area contributed by atoms with E-state index in [1.807, 2.05) is 13.8 Å². The van der Waals surface area contributed by atoms with Crippen LogP contribution in [0.15, 0.2) is 0 Å². The third-order valence-electron chi connectivity index (χ3n) is 1.50. The van der Waals surface area contributed by atoms with Gasteiger partial charge < -0.3 is 25.3 Å². The molecule has 0 saturated carbocycles. The first-order valence-corrected chi connectivity index (χ1v) is 8.56. The standard InChI is InChI=1S/2C5H12S.2C3H7.Sn/c2*1-2-3-4-5-6;2*1-3-2;/h2*6H,2-5H2,1H3;2*1,3H2,2H3;/q;;;;+2/p-2. The molecule has 0 aliphatic heterocycles. The zero-order valence-electron chi connectivity index (χ0n) is 13.8. The molecular formula is C16H36S2Sn. The van der Waals surface area contributed by atoms with Crippen LogP contribution in [0.5, 0.6) is 0 Å². The average molecular weight is 411 g/mol. The molecule has 0 saturated heterocycles. The average Bonchev–Trinajstić information content (AvgIpc) is 2.36. The molecule has 0 aromatic carbocycles. The minimum atomic E-state index is 0. The van der Waals surface area contributed by atoms with Crippen molar-refractivity contribution in [1.29, 1.82) is 0 Å². The maximum Gasteiger partial charge on any atom is 2.00 e. The fraction of sp³-hybridized carbons (Fsp3) is 0.875. The number of rotatable bonds is 6. The molecule has 0 bridgehead atoms. The predicted octanol–water partition coefficient (Wildman–Crippen LogP) is 5.53. The fourth-order valence-corrected chi connectivity index (χ4v) is 1.11. The van der Waals surface area contributed by atoms with Crippen molar-refractivity contribution in [2.75, 3.05) is 11.5 Å². The molecule has 0 aliphatic rings. The molecule has 0 aromatic rings. The van der Waals surface area contributed by atoms with Crippen molar-refractivity contribution in [2.24, 2.45) is 0 Å². The van der Waals surface area contributed by atoms with E-state index < -0.39 is 0 Å². The van der Waals surface area contributed by atoms with E-state index in [0.717, 1.165) is 24.3 Å². The molecule has 19 heavy (non-hydrogen) atoms. The third-order valence-corrected chi connectivity index (χ3v) is 2.07. The molecule has 0 unspecified atom stereocenters. The molecule has 0 heterocycles. The second-order valence-corrected chi connectivity index (χ2v) is 4.64. The quantitative estimate of drug-likeness (QED) is 0.320. The van der Waals surface area contributed by atoms with E-state index >= 15 is 0 Å². The van der Waals surface area contributed by atoms with Gasteiger partial charge in [-0.3, -0.25) is 0 Å². The largest absolute Gasteiger partial charge is 2.00 e. The van der Waals surface area contributed by atoms with E-state index in [0.29, 0.717) is 0 Å². The Balaban J connectivity index is -0.0000000476. The maximum absolute atomic E-state index is 4.72. The van der Waals surface area contributed by atoms with Crippen molar-refractivity contribution < 1.29 is 0 Å². The normalized spacial score (nSPS) is 7.58. The van der Waals surface area contributed by atoms with E-state index in [1.54, 1.807) is 0 Å². The van der Waals surface area contributed by atoms with E-state index in [-0.39, 0.29) is 23.9 Å². The van der Waals surface area contributed by atoms with Gasteiger partial charge in [0, 0.05) is 0 Å². The van der Waals surface area contributed by atoms with Crippen LogP contribution in [-0.2, 0) is 25.3 Å². The van der Waals surface area contributed by atoms with Crippen molar-refractivity contribution >= 4 is 49.2 Å². The summed E-state index contributed by atoms with van der Waals surface area (Å²) < 4.78 is 0. The maximum atomic E-state index is 4.72. The molecule has 0 spiro atoms. The van der Waals surface area contributed by atoms with Gasteiger partial charge in [0.05, 0.1) is 0 Å². The van der Waals surface area contributed by atoms with Crippen LogP contribution >= 0.6 is 0 Å². The Kier molecular flexibility index (Phi) is 86.2. The Hall–Kier alpha value is 1.50. The monoisotopic (exact) mass is 412 g/mol. The van der Waals surface area contributed by atoms with Crippen molar-refractivity contribution in [1.82, 2.24) is 0 Å². The minimum Gasteiger partial charge on any atom is -0.793 e. The van der Waals surface area contributed by atoms with Gasteiger partial charge >= 0.3 is 23.9 Å². The summed E-state index contributed by atoms with van der Waals surface area (Å²) in [6.07, 6.45) is 9.65. The summed E-state index contributed by atoms with van der Waals surface area (Å²) in [4.78, 5) is 0. The van der Waals surface area contributed by atoms with Crippen LogP contribution in [0.4, 0.5) is 0 Å². The molecule has 3 heteroatoms. The summed E-state index contributed by atoms with van der Waals surface area (Å²) >= 11 is 9.43. The van der Waals surface area contributed by atoms with Gasteiger partial charge in [-0.25, -0.2) is 0 Å². The SMILES string of the molecule is CCCCC[S-].CCCCC[S-].[CH2]CC.[CH2]CC.[Sn+2]. The van der Waals surface area contributed by atoms with Gasteiger partial charge in [-0.05, 0) is 0 Å². The van der Waals surface area contributed by atoms with E-state index in [1.165, 1.54) is 38.5 Å². The van der Waals surface area contributed by atoms with E-state index in [2.05, 4.69) is 27.7 Å².